The molecule has 4 aromatic rings. The van der Waals surface area contributed by atoms with Crippen LogP contribution < -0.4 is 14.4 Å². The lowest BCUT2D eigenvalue weighted by Gasteiger charge is -2.34. The van der Waals surface area contributed by atoms with Gasteiger partial charge >= 0.3 is 0 Å². The second kappa shape index (κ2) is 14.2. The van der Waals surface area contributed by atoms with Gasteiger partial charge in [0.2, 0.25) is 11.8 Å². The number of nitrogens with zero attached hydrogens (tertiary/aromatic N) is 2. The number of aryl methyl sites for hydroxylation is 3. The van der Waals surface area contributed by atoms with E-state index in [4.69, 9.17) is 4.74 Å². The average molecular weight is 614 g/mol. The van der Waals surface area contributed by atoms with Gasteiger partial charge in [-0.05, 0) is 61.7 Å². The van der Waals surface area contributed by atoms with E-state index < -0.39 is 28.5 Å². The molecule has 44 heavy (non-hydrogen) atoms. The Hall–Kier alpha value is -4.63. The van der Waals surface area contributed by atoms with E-state index in [2.05, 4.69) is 5.32 Å². The predicted molar refractivity (Wildman–Crippen MR) is 173 cm³/mol. The summed E-state index contributed by atoms with van der Waals surface area (Å²) in [4.78, 5) is 29.4. The first-order valence-corrected chi connectivity index (χ1v) is 15.8. The minimum Gasteiger partial charge on any atom is -0.495 e. The number of ether oxygens (including phenoxy) is 1. The molecule has 1 N–H and O–H groups in total. The average Bonchev–Trinajstić information content (AvgIpc) is 3.01. The molecule has 0 saturated carbocycles. The minimum atomic E-state index is -4.23. The van der Waals surface area contributed by atoms with Crippen LogP contribution in [0.4, 0.5) is 5.69 Å². The van der Waals surface area contributed by atoms with Crippen LogP contribution in [0.5, 0.6) is 5.75 Å². The number of methoxy groups -OCH3 is 1. The summed E-state index contributed by atoms with van der Waals surface area (Å²) in [7, 11) is -1.25. The number of hydrogen-bond acceptors (Lipinski definition) is 5. The van der Waals surface area contributed by atoms with E-state index in [-0.39, 0.29) is 29.5 Å². The van der Waals surface area contributed by atoms with Gasteiger partial charge in [0, 0.05) is 20.0 Å². The molecule has 9 heteroatoms. The van der Waals surface area contributed by atoms with Crippen molar-refractivity contribution < 1.29 is 22.7 Å². The molecule has 0 unspecified atom stereocenters. The molecule has 4 rings (SSSR count). The maximum atomic E-state index is 14.5. The maximum absolute atomic E-state index is 14.5. The lowest BCUT2D eigenvalue weighted by atomic mass is 10.0. The molecular formula is C35H39N3O5S. The Balaban J connectivity index is 1.84. The molecule has 230 valence electrons. The summed E-state index contributed by atoms with van der Waals surface area (Å²) in [6.45, 7) is 5.22. The SMILES string of the molecule is CNC(=O)[C@@H](Cc1ccccc1)N(Cc1cccc(C)c1)C(=O)CN(c1cc(C)ccc1OC)S(=O)(=O)c1ccc(C)cc1. The van der Waals surface area contributed by atoms with Crippen molar-refractivity contribution in [1.82, 2.24) is 10.2 Å². The largest absolute Gasteiger partial charge is 0.495 e. The van der Waals surface area contributed by atoms with E-state index >= 15 is 0 Å². The Labute approximate surface area is 260 Å². The van der Waals surface area contributed by atoms with Crippen molar-refractivity contribution in [1.29, 1.82) is 0 Å². The third-order valence-electron chi connectivity index (χ3n) is 7.44. The number of amides is 2. The van der Waals surface area contributed by atoms with Crippen molar-refractivity contribution in [2.24, 2.45) is 0 Å². The molecule has 2 amide bonds. The van der Waals surface area contributed by atoms with E-state index in [0.29, 0.717) is 5.75 Å². The maximum Gasteiger partial charge on any atom is 0.264 e. The molecule has 0 aliphatic rings. The number of anilines is 1. The molecule has 0 aromatic heterocycles. The highest BCUT2D eigenvalue weighted by molar-refractivity contribution is 7.92. The molecular weight excluding hydrogens is 574 g/mol. The second-order valence-electron chi connectivity index (χ2n) is 10.8. The van der Waals surface area contributed by atoms with Crippen LogP contribution in [0, 0.1) is 20.8 Å². The Morgan fingerprint density at radius 1 is 0.795 bits per heavy atom. The van der Waals surface area contributed by atoms with Gasteiger partial charge in [0.05, 0.1) is 17.7 Å². The normalized spacial score (nSPS) is 11.8. The fraction of sp³-hybridized carbons (Fsp3) is 0.257. The Kier molecular flexibility index (Phi) is 10.4. The van der Waals surface area contributed by atoms with Crippen molar-refractivity contribution in [3.63, 3.8) is 0 Å². The first kappa shape index (κ1) is 32.3. The van der Waals surface area contributed by atoms with Gasteiger partial charge in [-0.3, -0.25) is 13.9 Å². The van der Waals surface area contributed by atoms with E-state index in [0.717, 1.165) is 32.1 Å². The number of carbonyl (C=O) groups is 2. The minimum absolute atomic E-state index is 0.0387. The molecule has 4 aromatic carbocycles. The highest BCUT2D eigenvalue weighted by atomic mass is 32.2. The quantitative estimate of drug-likeness (QED) is 0.237. The molecule has 0 bridgehead atoms. The number of sulfonamides is 1. The van der Waals surface area contributed by atoms with Crippen LogP contribution in [0.25, 0.3) is 0 Å². The van der Waals surface area contributed by atoms with E-state index in [1.807, 2.05) is 81.4 Å². The van der Waals surface area contributed by atoms with Gasteiger partial charge in [0.1, 0.15) is 18.3 Å². The first-order valence-electron chi connectivity index (χ1n) is 14.4. The van der Waals surface area contributed by atoms with Crippen molar-refractivity contribution in [3.05, 3.63) is 125 Å². The van der Waals surface area contributed by atoms with Crippen LogP contribution in [-0.4, -0.2) is 51.9 Å². The van der Waals surface area contributed by atoms with Gasteiger partial charge in [0.15, 0.2) is 0 Å². The lowest BCUT2D eigenvalue weighted by Crippen LogP contribution is -2.53. The molecule has 0 aliphatic carbocycles. The number of likely N-dealkylation sites (N-methyl/N-ethyl adjacent to an activating group) is 1. The summed E-state index contributed by atoms with van der Waals surface area (Å²) in [6, 6.07) is 27.9. The summed E-state index contributed by atoms with van der Waals surface area (Å²) >= 11 is 0. The van der Waals surface area contributed by atoms with E-state index in [9.17, 15) is 18.0 Å². The molecule has 0 saturated heterocycles. The van der Waals surface area contributed by atoms with Crippen molar-refractivity contribution in [3.8, 4) is 5.75 Å². The number of benzene rings is 4. The number of carbonyl (C=O) groups excluding carboxylic acids is 2. The van der Waals surface area contributed by atoms with Gasteiger partial charge in [-0.25, -0.2) is 8.42 Å². The van der Waals surface area contributed by atoms with Crippen LogP contribution >= 0.6 is 0 Å². The molecule has 8 nitrogen and oxygen atoms in total. The van der Waals surface area contributed by atoms with Crippen LogP contribution in [0.15, 0.2) is 102 Å². The standard InChI is InChI=1S/C35H39N3O5S/c1-25-14-17-30(18-15-25)44(41,42)38(31-21-27(3)16-19-33(31)43-5)24-34(39)37(23-29-13-9-10-26(2)20-29)32(35(40)36-4)22-28-11-7-6-8-12-28/h6-21,32H,22-24H2,1-5H3,(H,36,40)/t32-/m1/s1. The zero-order valence-electron chi connectivity index (χ0n) is 25.8. The van der Waals surface area contributed by atoms with Crippen LogP contribution in [-0.2, 0) is 32.6 Å². The van der Waals surface area contributed by atoms with Crippen molar-refractivity contribution in [2.45, 2.75) is 44.7 Å². The summed E-state index contributed by atoms with van der Waals surface area (Å²) in [5.41, 5.74) is 4.62. The Bertz CT molecular complexity index is 1710. The molecule has 0 aliphatic heterocycles. The van der Waals surface area contributed by atoms with Gasteiger partial charge in [0.25, 0.3) is 10.0 Å². The second-order valence-corrected chi connectivity index (χ2v) is 12.7. The highest BCUT2D eigenvalue weighted by Gasteiger charge is 2.35. The molecule has 1 atom stereocenters. The number of rotatable bonds is 12. The van der Waals surface area contributed by atoms with Crippen LogP contribution in [0.3, 0.4) is 0 Å². The van der Waals surface area contributed by atoms with Gasteiger partial charge in [-0.2, -0.15) is 0 Å². The third-order valence-corrected chi connectivity index (χ3v) is 9.22. The van der Waals surface area contributed by atoms with Gasteiger partial charge < -0.3 is 15.0 Å². The molecule has 0 spiro atoms. The van der Waals surface area contributed by atoms with Crippen molar-refractivity contribution in [2.75, 3.05) is 25.0 Å². The lowest BCUT2D eigenvalue weighted by molar-refractivity contribution is -0.139. The zero-order chi connectivity index (χ0) is 31.9. The molecule has 0 heterocycles. The summed E-state index contributed by atoms with van der Waals surface area (Å²) in [5, 5.41) is 2.71. The number of hydrogen-bond donors (Lipinski definition) is 1. The smallest absolute Gasteiger partial charge is 0.264 e. The van der Waals surface area contributed by atoms with Crippen molar-refractivity contribution >= 4 is 27.5 Å². The van der Waals surface area contributed by atoms with E-state index in [1.165, 1.54) is 31.2 Å². The first-order chi connectivity index (χ1) is 21.0. The van der Waals surface area contributed by atoms with Gasteiger partial charge in [-0.1, -0.05) is 83.9 Å². The predicted octanol–water partition coefficient (Wildman–Crippen LogP) is 5.20. The monoisotopic (exact) mass is 613 g/mol. The fourth-order valence-corrected chi connectivity index (χ4v) is 6.49. The topological polar surface area (TPSA) is 96.0 Å². The third kappa shape index (κ3) is 7.65. The van der Waals surface area contributed by atoms with E-state index in [1.54, 1.807) is 24.3 Å². The Morgan fingerprint density at radius 2 is 1.43 bits per heavy atom. The summed E-state index contributed by atoms with van der Waals surface area (Å²) < 4.78 is 35.2. The molecule has 0 fully saturated rings. The highest BCUT2D eigenvalue weighted by Crippen LogP contribution is 2.34. The number of nitrogens with one attached hydrogen (secondary N) is 1. The molecule has 0 radical (unpaired) electrons. The Morgan fingerprint density at radius 3 is 2.07 bits per heavy atom. The van der Waals surface area contributed by atoms with Gasteiger partial charge in [-0.15, -0.1) is 0 Å². The van der Waals surface area contributed by atoms with Crippen LogP contribution in [0.1, 0.15) is 27.8 Å². The fourth-order valence-electron chi connectivity index (χ4n) is 5.07. The summed E-state index contributed by atoms with van der Waals surface area (Å²) in [5.74, 6) is -0.581. The summed E-state index contributed by atoms with van der Waals surface area (Å²) in [6.07, 6.45) is 0.247. The van der Waals surface area contributed by atoms with Crippen LogP contribution in [0.2, 0.25) is 0 Å². The zero-order valence-corrected chi connectivity index (χ0v) is 26.6.